The molecule has 0 aliphatic carbocycles. The lowest BCUT2D eigenvalue weighted by atomic mass is 10.1. The predicted octanol–water partition coefficient (Wildman–Crippen LogP) is 5.17. The molecule has 0 saturated carbocycles. The van der Waals surface area contributed by atoms with Crippen molar-refractivity contribution in [3.63, 3.8) is 0 Å². The van der Waals surface area contributed by atoms with Gasteiger partial charge in [0.15, 0.2) is 0 Å². The molecule has 1 nitrogen and oxygen atoms in total. The summed E-state index contributed by atoms with van der Waals surface area (Å²) in [6.07, 6.45) is 6.99. The van der Waals surface area contributed by atoms with Crippen molar-refractivity contribution in [2.45, 2.75) is 32.6 Å². The van der Waals surface area contributed by atoms with Crippen molar-refractivity contribution in [2.24, 2.45) is 4.99 Å². The molecular formula is C18H21N. The van der Waals surface area contributed by atoms with Gasteiger partial charge in [-0.25, -0.2) is 0 Å². The molecule has 0 unspecified atom stereocenters. The van der Waals surface area contributed by atoms with Gasteiger partial charge in [0.1, 0.15) is 0 Å². The van der Waals surface area contributed by atoms with Crippen LogP contribution in [0.1, 0.15) is 37.3 Å². The Balaban J connectivity index is 1.93. The minimum absolute atomic E-state index is 0.995. The van der Waals surface area contributed by atoms with Gasteiger partial charge >= 0.3 is 0 Å². The molecule has 0 saturated heterocycles. The van der Waals surface area contributed by atoms with Crippen molar-refractivity contribution >= 4 is 11.9 Å². The van der Waals surface area contributed by atoms with E-state index in [9.17, 15) is 0 Å². The molecule has 2 rings (SSSR count). The van der Waals surface area contributed by atoms with Gasteiger partial charge in [0.25, 0.3) is 0 Å². The maximum Gasteiger partial charge on any atom is 0.0629 e. The third-order valence-corrected chi connectivity index (χ3v) is 3.17. The Hall–Kier alpha value is -1.89. The van der Waals surface area contributed by atoms with Crippen LogP contribution in [0.4, 0.5) is 5.69 Å². The first-order valence-electron chi connectivity index (χ1n) is 7.06. The molecule has 0 spiro atoms. The minimum atomic E-state index is 0.995. The van der Waals surface area contributed by atoms with Crippen molar-refractivity contribution in [1.82, 2.24) is 0 Å². The van der Waals surface area contributed by atoms with Crippen LogP contribution in [0.5, 0.6) is 0 Å². The number of nitrogens with zero attached hydrogens (tertiary/aromatic N) is 1. The van der Waals surface area contributed by atoms with E-state index in [-0.39, 0.29) is 0 Å². The molecule has 0 aromatic heterocycles. The van der Waals surface area contributed by atoms with Crippen LogP contribution in [0.25, 0.3) is 0 Å². The molecule has 0 fully saturated rings. The average Bonchev–Trinajstić information content (AvgIpc) is 2.48. The lowest BCUT2D eigenvalue weighted by Gasteiger charge is -2.01. The summed E-state index contributed by atoms with van der Waals surface area (Å²) >= 11 is 0. The first-order valence-corrected chi connectivity index (χ1v) is 7.06. The standard InChI is InChI=1S/C18H21N/c1-2-3-5-8-16-11-13-17(14-12-16)15-19-18-9-6-4-7-10-18/h4,6-7,9-15H,2-3,5,8H2,1H3/b19-15+. The highest BCUT2D eigenvalue weighted by Crippen LogP contribution is 2.11. The Labute approximate surface area is 116 Å². The monoisotopic (exact) mass is 251 g/mol. The lowest BCUT2D eigenvalue weighted by Crippen LogP contribution is -1.87. The number of para-hydroxylation sites is 1. The molecule has 1 heteroatoms. The molecule has 0 radical (unpaired) electrons. The molecule has 0 aliphatic rings. The second-order valence-electron chi connectivity index (χ2n) is 4.79. The van der Waals surface area contributed by atoms with Gasteiger partial charge in [0, 0.05) is 6.21 Å². The summed E-state index contributed by atoms with van der Waals surface area (Å²) in [5, 5.41) is 0. The van der Waals surface area contributed by atoms with Crippen LogP contribution in [0, 0.1) is 0 Å². The van der Waals surface area contributed by atoms with Gasteiger partial charge in [-0.2, -0.15) is 0 Å². The Morgan fingerprint density at radius 3 is 2.32 bits per heavy atom. The number of unbranched alkanes of at least 4 members (excludes halogenated alkanes) is 2. The smallest absolute Gasteiger partial charge is 0.0629 e. The highest BCUT2D eigenvalue weighted by molar-refractivity contribution is 5.81. The topological polar surface area (TPSA) is 12.4 Å². The highest BCUT2D eigenvalue weighted by atomic mass is 14.7. The van der Waals surface area contributed by atoms with Crippen molar-refractivity contribution < 1.29 is 0 Å². The van der Waals surface area contributed by atoms with Crippen LogP contribution in [0.2, 0.25) is 0 Å². The summed E-state index contributed by atoms with van der Waals surface area (Å²) < 4.78 is 0. The second-order valence-corrected chi connectivity index (χ2v) is 4.79. The van der Waals surface area contributed by atoms with E-state index in [2.05, 4.69) is 36.2 Å². The quantitative estimate of drug-likeness (QED) is 0.496. The zero-order chi connectivity index (χ0) is 13.3. The van der Waals surface area contributed by atoms with Gasteiger partial charge in [-0.1, -0.05) is 62.2 Å². The maximum absolute atomic E-state index is 4.46. The Morgan fingerprint density at radius 1 is 0.895 bits per heavy atom. The predicted molar refractivity (Wildman–Crippen MR) is 83.4 cm³/mol. The van der Waals surface area contributed by atoms with Gasteiger partial charge in [-0.15, -0.1) is 0 Å². The SMILES string of the molecule is CCCCCc1ccc(/C=N/c2ccccc2)cc1. The van der Waals surface area contributed by atoms with E-state index in [1.807, 2.05) is 36.5 Å². The molecule has 2 aromatic rings. The van der Waals surface area contributed by atoms with Crippen LogP contribution in [0.3, 0.4) is 0 Å². The highest BCUT2D eigenvalue weighted by Gasteiger charge is 1.93. The van der Waals surface area contributed by atoms with E-state index in [4.69, 9.17) is 0 Å². The third-order valence-electron chi connectivity index (χ3n) is 3.17. The molecule has 19 heavy (non-hydrogen) atoms. The van der Waals surface area contributed by atoms with Crippen LogP contribution in [0.15, 0.2) is 59.6 Å². The Morgan fingerprint density at radius 2 is 1.63 bits per heavy atom. The van der Waals surface area contributed by atoms with E-state index in [0.29, 0.717) is 0 Å². The molecule has 0 heterocycles. The van der Waals surface area contributed by atoms with Gasteiger partial charge < -0.3 is 0 Å². The van der Waals surface area contributed by atoms with Crippen LogP contribution in [-0.2, 0) is 6.42 Å². The van der Waals surface area contributed by atoms with Gasteiger partial charge in [-0.05, 0) is 36.1 Å². The molecule has 0 aliphatic heterocycles. The van der Waals surface area contributed by atoms with Gasteiger partial charge in [-0.3, -0.25) is 4.99 Å². The molecule has 0 bridgehead atoms. The first-order chi connectivity index (χ1) is 9.38. The van der Waals surface area contributed by atoms with E-state index < -0.39 is 0 Å². The summed E-state index contributed by atoms with van der Waals surface area (Å²) in [5.74, 6) is 0. The second kappa shape index (κ2) is 7.52. The number of hydrogen-bond donors (Lipinski definition) is 0. The van der Waals surface area contributed by atoms with Crippen molar-refractivity contribution in [1.29, 1.82) is 0 Å². The van der Waals surface area contributed by atoms with Crippen LogP contribution in [-0.4, -0.2) is 6.21 Å². The summed E-state index contributed by atoms with van der Waals surface area (Å²) in [6.45, 7) is 2.24. The number of aliphatic imine (C=N–C) groups is 1. The normalized spacial score (nSPS) is 11.0. The van der Waals surface area contributed by atoms with Crippen LogP contribution >= 0.6 is 0 Å². The Kier molecular flexibility index (Phi) is 5.36. The lowest BCUT2D eigenvalue weighted by molar-refractivity contribution is 0.717. The van der Waals surface area contributed by atoms with Crippen molar-refractivity contribution in [2.75, 3.05) is 0 Å². The molecule has 0 atom stereocenters. The van der Waals surface area contributed by atoms with E-state index in [1.165, 1.54) is 31.2 Å². The third kappa shape index (κ3) is 4.70. The van der Waals surface area contributed by atoms with Crippen molar-refractivity contribution in [3.8, 4) is 0 Å². The summed E-state index contributed by atoms with van der Waals surface area (Å²) in [6, 6.07) is 18.7. The summed E-state index contributed by atoms with van der Waals surface area (Å²) in [4.78, 5) is 4.46. The van der Waals surface area contributed by atoms with Gasteiger partial charge in [0.05, 0.1) is 5.69 Å². The number of benzene rings is 2. The number of hydrogen-bond acceptors (Lipinski definition) is 1. The number of aryl methyl sites for hydroxylation is 1. The zero-order valence-electron chi connectivity index (χ0n) is 11.5. The molecule has 0 N–H and O–H groups in total. The fraction of sp³-hybridized carbons (Fsp3) is 0.278. The van der Waals surface area contributed by atoms with E-state index in [0.717, 1.165) is 11.3 Å². The largest absolute Gasteiger partial charge is 0.256 e. The molecular weight excluding hydrogens is 230 g/mol. The van der Waals surface area contributed by atoms with E-state index >= 15 is 0 Å². The summed E-state index contributed by atoms with van der Waals surface area (Å²) in [7, 11) is 0. The van der Waals surface area contributed by atoms with Crippen molar-refractivity contribution in [3.05, 3.63) is 65.7 Å². The average molecular weight is 251 g/mol. The zero-order valence-corrected chi connectivity index (χ0v) is 11.5. The summed E-state index contributed by atoms with van der Waals surface area (Å²) in [5.41, 5.74) is 3.57. The Bertz CT molecular complexity index is 497. The van der Waals surface area contributed by atoms with E-state index in [1.54, 1.807) is 0 Å². The number of rotatable bonds is 6. The van der Waals surface area contributed by atoms with Crippen LogP contribution < -0.4 is 0 Å². The fourth-order valence-corrected chi connectivity index (χ4v) is 2.01. The van der Waals surface area contributed by atoms with Gasteiger partial charge in [0.2, 0.25) is 0 Å². The fourth-order valence-electron chi connectivity index (χ4n) is 2.01. The first kappa shape index (κ1) is 13.5. The maximum atomic E-state index is 4.46. The molecule has 0 amide bonds. The molecule has 2 aromatic carbocycles. The molecule has 98 valence electrons. The minimum Gasteiger partial charge on any atom is -0.256 e.